The molecule has 1 N–H and O–H groups in total. The van der Waals surface area contributed by atoms with Gasteiger partial charge in [-0.05, 0) is 87.1 Å². The van der Waals surface area contributed by atoms with Crippen molar-refractivity contribution < 1.29 is 41.7 Å². The van der Waals surface area contributed by atoms with Crippen LogP contribution in [-0.4, -0.2) is 119 Å². The molecule has 2 aliphatic heterocycles. The van der Waals surface area contributed by atoms with Crippen molar-refractivity contribution in [3.05, 3.63) is 141 Å². The Labute approximate surface area is 557 Å². The van der Waals surface area contributed by atoms with Gasteiger partial charge in [0.1, 0.15) is 22.9 Å². The number of carbonyl (C=O) groups excluding carboxylic acids is 1. The van der Waals surface area contributed by atoms with Crippen molar-refractivity contribution in [1.82, 2.24) is 29.2 Å². The summed E-state index contributed by atoms with van der Waals surface area (Å²) in [5.74, 6) is 1.90. The van der Waals surface area contributed by atoms with Crippen molar-refractivity contribution in [3.8, 4) is 22.5 Å². The van der Waals surface area contributed by atoms with Gasteiger partial charge in [0.05, 0.1) is 39.3 Å². The number of hydrogen-bond acceptors (Lipinski definition) is 11. The molecule has 4 aromatic carbocycles. The van der Waals surface area contributed by atoms with Gasteiger partial charge in [-0.2, -0.15) is 0 Å². The molecular formula is C57H60Cl2I9N8O6-. The van der Waals surface area contributed by atoms with Crippen LogP contribution in [0.5, 0.6) is 0 Å². The van der Waals surface area contributed by atoms with E-state index in [9.17, 15) is 14.7 Å². The molecule has 4 aliphatic rings. The molecule has 0 spiro atoms. The molecule has 0 amide bonds. The standard InChI is InChI=1S/C29H31ClN4O3.C28H29ClN4O3.I9/c1-32-18-24(29(35)36-2)21-10-9-20(17-26(21)32)34-15-13-33(14-16-34)12-11-23-27(22-5-3-4-6-25(22)30)31-37-28(23)19-7-8-19;1-31-17-23(28(34)35)20-9-8-19(16-25(20)31)33-14-12-32(13-15-33)11-10-22-26(21-4-2-3-5-24(21)29)30-36-27(22)18-6-7-18;1-6-8(4)9(5)7(2)3/h3-6,9-10,17-19H,7-8,11-16H2,1-2H3;2-5,8-9,16-18H,6-7,10-15H2,1H3,(H,34,35);/q;;-1. The Bertz CT molecular complexity index is 3540. The van der Waals surface area contributed by atoms with Gasteiger partial charge in [0.2, 0.25) is 0 Å². The number of benzene rings is 4. The zero-order valence-electron chi connectivity index (χ0n) is 44.9. The fourth-order valence-electron chi connectivity index (χ4n) is 10.8. The van der Waals surface area contributed by atoms with Gasteiger partial charge in [-0.15, -0.1) is 0 Å². The van der Waals surface area contributed by atoms with E-state index in [4.69, 9.17) is 37.0 Å². The normalized spacial score (nSPS) is 16.4. The zero-order chi connectivity index (χ0) is 57.8. The van der Waals surface area contributed by atoms with Crippen LogP contribution in [-0.2, 0) is 31.7 Å². The number of fused-ring (bicyclic) bond motifs is 2. The number of anilines is 2. The first-order valence-electron chi connectivity index (χ1n) is 26.6. The van der Waals surface area contributed by atoms with Gasteiger partial charge in [-0.1, -0.05) is 69.9 Å². The van der Waals surface area contributed by atoms with E-state index >= 15 is 0 Å². The van der Waals surface area contributed by atoms with Gasteiger partial charge in [-0.3, -0.25) is 9.80 Å². The average molecular weight is 2170 g/mol. The predicted octanol–water partition coefficient (Wildman–Crippen LogP) is 15.0. The third-order valence-corrected chi connectivity index (χ3v) is 429. The number of aromatic carboxylic acids is 1. The van der Waals surface area contributed by atoms with Crippen LogP contribution in [0.1, 0.15) is 80.9 Å². The van der Waals surface area contributed by atoms with E-state index in [1.54, 1.807) is 6.20 Å². The van der Waals surface area contributed by atoms with E-state index in [-0.39, 0.29) is 29.7 Å². The number of aromatic nitrogens is 4. The van der Waals surface area contributed by atoms with Crippen molar-refractivity contribution in [3.63, 3.8) is 0 Å². The molecule has 442 valence electrons. The van der Waals surface area contributed by atoms with E-state index in [1.165, 1.54) is 49.6 Å². The van der Waals surface area contributed by atoms with E-state index in [2.05, 4.69) is 141 Å². The van der Waals surface area contributed by atoms with Crippen molar-refractivity contribution in [1.29, 1.82) is 0 Å². The first-order chi connectivity index (χ1) is 39.6. The summed E-state index contributed by atoms with van der Waals surface area (Å²) >= 11 is 27.6. The van der Waals surface area contributed by atoms with E-state index in [0.717, 1.165) is 140 Å². The van der Waals surface area contributed by atoms with Crippen LogP contribution in [0.4, 0.5) is 11.4 Å². The summed E-state index contributed by atoms with van der Waals surface area (Å²) in [5.41, 5.74) is 11.3. The van der Waals surface area contributed by atoms with Gasteiger partial charge in [0.15, 0.2) is 0 Å². The molecule has 14 nitrogen and oxygen atoms in total. The van der Waals surface area contributed by atoms with Crippen molar-refractivity contribution in [2.75, 3.05) is 82.4 Å². The second-order valence-electron chi connectivity index (χ2n) is 20.5. The summed E-state index contributed by atoms with van der Waals surface area (Å²) in [5, 5.41) is 21.5. The molecule has 4 fully saturated rings. The van der Waals surface area contributed by atoms with Gasteiger partial charge >= 0.3 is 142 Å². The number of carboxylic acids is 1. The number of esters is 1. The molecular weight excluding hydrogens is 2110 g/mol. The molecule has 6 heterocycles. The Morgan fingerprint density at radius 3 is 1.46 bits per heavy atom. The Hall–Kier alpha value is -0.01000. The number of hydrogen-bond donors (Lipinski definition) is 1. The van der Waals surface area contributed by atoms with Crippen LogP contribution in [0.15, 0.2) is 106 Å². The molecule has 0 bridgehead atoms. The number of aryl methyl sites for hydroxylation is 2. The Morgan fingerprint density at radius 1 is 0.659 bits per heavy atom. The Balaban J connectivity index is 0.000000160. The first kappa shape index (κ1) is 65.0. The number of carboxylic acid groups (broad SMARTS) is 1. The third kappa shape index (κ3) is 15.8. The van der Waals surface area contributed by atoms with Crippen molar-refractivity contribution in [2.45, 2.75) is 50.4 Å². The number of carbonyl (C=O) groups is 2. The number of nitrogens with zero attached hydrogens (tertiary/aromatic N) is 8. The van der Waals surface area contributed by atoms with Crippen molar-refractivity contribution >= 4 is 185 Å². The fourth-order valence-corrected chi connectivity index (χ4v) is 640. The maximum absolute atomic E-state index is 12.1. The molecule has 25 heteroatoms. The maximum atomic E-state index is 12.1. The molecule has 2 saturated heterocycles. The van der Waals surface area contributed by atoms with E-state index < -0.39 is 5.97 Å². The van der Waals surface area contributed by atoms with Crippen LogP contribution in [0, 0.1) is 0 Å². The quantitative estimate of drug-likeness (QED) is 0.0686. The van der Waals surface area contributed by atoms with Crippen LogP contribution < -0.4 is 23.1 Å². The molecule has 4 aromatic heterocycles. The molecule has 82 heavy (non-hydrogen) atoms. The first-order valence-corrected chi connectivity index (χ1v) is 77.6. The minimum absolute atomic E-state index is 0.226. The minimum atomic E-state index is -0.891. The summed E-state index contributed by atoms with van der Waals surface area (Å²) in [6.45, 7) is 9.60. The second-order valence-corrected chi connectivity index (χ2v) is 184. The molecule has 2 aliphatic carbocycles. The number of rotatable bonds is 17. The van der Waals surface area contributed by atoms with Crippen LogP contribution in [0.25, 0.3) is 44.3 Å². The summed E-state index contributed by atoms with van der Waals surface area (Å²) < 4.78 is 20.5. The molecule has 0 radical (unpaired) electrons. The summed E-state index contributed by atoms with van der Waals surface area (Å²) in [4.78, 5) is 33.5. The summed E-state index contributed by atoms with van der Waals surface area (Å²) in [6, 6.07) is 28.1. The molecule has 0 atom stereocenters. The third-order valence-electron chi connectivity index (χ3n) is 15.4. The van der Waals surface area contributed by atoms with Gasteiger partial charge in [0, 0.05) is 148 Å². The van der Waals surface area contributed by atoms with Crippen LogP contribution >= 0.6 is 140 Å². The molecule has 2 saturated carbocycles. The topological polar surface area (TPSA) is 138 Å². The molecule has 0 unspecified atom stereocenters. The summed E-state index contributed by atoms with van der Waals surface area (Å²) in [6.07, 6.45) is 10.0. The Kier molecular flexibility index (Phi) is 23.9. The number of piperazine rings is 2. The van der Waals surface area contributed by atoms with Gasteiger partial charge in [0.25, 0.3) is 0 Å². The molecule has 12 rings (SSSR count). The number of halogens is 11. The number of methoxy groups -OCH3 is 1. The fraction of sp³-hybridized carbons (Fsp3) is 0.368. The van der Waals surface area contributed by atoms with Crippen LogP contribution in [0.3, 0.4) is 0 Å². The van der Waals surface area contributed by atoms with Gasteiger partial charge in [-0.25, -0.2) is 9.59 Å². The summed E-state index contributed by atoms with van der Waals surface area (Å²) in [7, 11) is 4.49. The zero-order valence-corrected chi connectivity index (χ0v) is 65.9. The SMILES string of the molecule is COC(=O)c1cn(C)c2cc(N3CCN(CCc4c(-c5ccccc5Cl)noc4C4CC4)CC3)ccc12.Cn1cc(C(=O)O)c2ccc(N3CCN(CCc4c(-c5ccccc5Cl)noc4C4CC4)CC3)cc21.I[I-]I(I)I(I)I(I)I. The Morgan fingerprint density at radius 2 is 1.09 bits per heavy atom. The molecule has 8 aromatic rings. The van der Waals surface area contributed by atoms with E-state index in [0.29, 0.717) is 46.3 Å². The van der Waals surface area contributed by atoms with Gasteiger partial charge < -0.3 is 37.8 Å². The second kappa shape index (κ2) is 30.2. The van der Waals surface area contributed by atoms with E-state index in [1.807, 2.05) is 96.2 Å². The monoisotopic (exact) mass is 2160 g/mol. The van der Waals surface area contributed by atoms with Crippen LogP contribution in [0.2, 0.25) is 10.0 Å². The predicted molar refractivity (Wildman–Crippen MR) is 399 cm³/mol. The van der Waals surface area contributed by atoms with Crippen molar-refractivity contribution in [2.24, 2.45) is 14.1 Å². The average Bonchev–Trinajstić information content (AvgIpc) is 4.58. The number of ether oxygens (including phenoxy) is 1.